The zero-order chi connectivity index (χ0) is 20.3. The van der Waals surface area contributed by atoms with Crippen molar-refractivity contribution < 1.29 is 26.7 Å². The van der Waals surface area contributed by atoms with E-state index < -0.39 is 16.6 Å². The summed E-state index contributed by atoms with van der Waals surface area (Å²) in [4.78, 5) is 0.264. The number of aryl methyl sites for hydroxylation is 2. The normalized spacial score (nSPS) is 14.2. The second-order valence-electron chi connectivity index (χ2n) is 6.76. The maximum atomic E-state index is 13.0. The van der Waals surface area contributed by atoms with Crippen molar-refractivity contribution >= 4 is 10.0 Å². The van der Waals surface area contributed by atoms with Crippen molar-refractivity contribution in [3.8, 4) is 11.5 Å². The minimum atomic E-state index is -3.68. The molecule has 0 bridgehead atoms. The third-order valence-electron chi connectivity index (χ3n) is 4.88. The summed E-state index contributed by atoms with van der Waals surface area (Å²) in [7, 11) is -0.849. The molecule has 1 aliphatic carbocycles. The number of alkyl halides is 2. The SMILES string of the molecule is COc1cc(CN(C)S(=O)(=O)c2ccc3c(c2)CCCC3)ccc1OC(F)F. The van der Waals surface area contributed by atoms with Gasteiger partial charge in [-0.1, -0.05) is 12.1 Å². The number of sulfonamides is 1. The zero-order valence-corrected chi connectivity index (χ0v) is 16.6. The second-order valence-corrected chi connectivity index (χ2v) is 8.81. The van der Waals surface area contributed by atoms with Gasteiger partial charge in [-0.25, -0.2) is 8.42 Å². The highest BCUT2D eigenvalue weighted by Crippen LogP contribution is 2.31. The molecule has 8 heteroatoms. The molecule has 28 heavy (non-hydrogen) atoms. The Bertz CT molecular complexity index is 947. The second kappa shape index (κ2) is 8.45. The summed E-state index contributed by atoms with van der Waals surface area (Å²) >= 11 is 0. The summed E-state index contributed by atoms with van der Waals surface area (Å²) in [5, 5.41) is 0. The minimum absolute atomic E-state index is 0.0741. The Hall–Kier alpha value is -2.19. The van der Waals surface area contributed by atoms with Crippen LogP contribution in [0.2, 0.25) is 0 Å². The first-order valence-corrected chi connectivity index (χ1v) is 10.4. The Kier molecular flexibility index (Phi) is 6.20. The van der Waals surface area contributed by atoms with E-state index in [1.165, 1.54) is 36.2 Å². The lowest BCUT2D eigenvalue weighted by atomic mass is 9.92. The molecule has 3 rings (SSSR count). The van der Waals surface area contributed by atoms with Crippen molar-refractivity contribution in [1.82, 2.24) is 4.31 Å². The van der Waals surface area contributed by atoms with E-state index in [9.17, 15) is 17.2 Å². The highest BCUT2D eigenvalue weighted by atomic mass is 32.2. The summed E-state index contributed by atoms with van der Waals surface area (Å²) in [6, 6.07) is 9.70. The molecule has 0 saturated heterocycles. The summed E-state index contributed by atoms with van der Waals surface area (Å²) < 4.78 is 61.5. The van der Waals surface area contributed by atoms with Gasteiger partial charge in [-0.3, -0.25) is 0 Å². The van der Waals surface area contributed by atoms with Crippen LogP contribution in [0.1, 0.15) is 29.5 Å². The van der Waals surface area contributed by atoms with Crippen LogP contribution in [-0.4, -0.2) is 33.5 Å². The predicted octanol–water partition coefficient (Wildman–Crippen LogP) is 4.00. The van der Waals surface area contributed by atoms with Crippen LogP contribution in [0, 0.1) is 0 Å². The molecule has 2 aromatic carbocycles. The third-order valence-corrected chi connectivity index (χ3v) is 6.68. The van der Waals surface area contributed by atoms with Gasteiger partial charge in [0.05, 0.1) is 12.0 Å². The van der Waals surface area contributed by atoms with Crippen LogP contribution in [-0.2, 0) is 29.4 Å². The van der Waals surface area contributed by atoms with Gasteiger partial charge in [0.25, 0.3) is 0 Å². The largest absolute Gasteiger partial charge is 0.493 e. The van der Waals surface area contributed by atoms with Crippen LogP contribution in [0.5, 0.6) is 11.5 Å². The molecular weight excluding hydrogens is 388 g/mol. The number of ether oxygens (including phenoxy) is 2. The molecule has 0 heterocycles. The highest BCUT2D eigenvalue weighted by Gasteiger charge is 2.23. The lowest BCUT2D eigenvalue weighted by Crippen LogP contribution is -2.26. The van der Waals surface area contributed by atoms with Crippen LogP contribution < -0.4 is 9.47 Å². The van der Waals surface area contributed by atoms with Gasteiger partial charge in [0.1, 0.15) is 0 Å². The van der Waals surface area contributed by atoms with E-state index in [0.717, 1.165) is 31.2 Å². The van der Waals surface area contributed by atoms with Crippen molar-refractivity contribution in [3.05, 3.63) is 53.1 Å². The number of fused-ring (bicyclic) bond motifs is 1. The molecule has 2 aromatic rings. The van der Waals surface area contributed by atoms with Gasteiger partial charge in [-0.15, -0.1) is 0 Å². The molecule has 152 valence electrons. The van der Waals surface area contributed by atoms with Crippen molar-refractivity contribution in [2.45, 2.75) is 43.7 Å². The third kappa shape index (κ3) is 4.44. The van der Waals surface area contributed by atoms with E-state index in [4.69, 9.17) is 4.74 Å². The number of hydrogen-bond acceptors (Lipinski definition) is 4. The van der Waals surface area contributed by atoms with E-state index in [2.05, 4.69) is 4.74 Å². The molecule has 0 unspecified atom stereocenters. The van der Waals surface area contributed by atoms with Crippen LogP contribution in [0.3, 0.4) is 0 Å². The fourth-order valence-corrected chi connectivity index (χ4v) is 4.61. The molecule has 0 fully saturated rings. The number of benzene rings is 2. The Morgan fingerprint density at radius 2 is 1.75 bits per heavy atom. The molecule has 0 aromatic heterocycles. The van der Waals surface area contributed by atoms with E-state index in [-0.39, 0.29) is 22.9 Å². The van der Waals surface area contributed by atoms with Gasteiger partial charge in [-0.2, -0.15) is 13.1 Å². The highest BCUT2D eigenvalue weighted by molar-refractivity contribution is 7.89. The predicted molar refractivity (Wildman–Crippen MR) is 101 cm³/mol. The van der Waals surface area contributed by atoms with Gasteiger partial charge in [0.2, 0.25) is 10.0 Å². The fraction of sp³-hybridized carbons (Fsp3) is 0.400. The maximum absolute atomic E-state index is 13.0. The van der Waals surface area contributed by atoms with Crippen LogP contribution >= 0.6 is 0 Å². The number of nitrogens with zero attached hydrogens (tertiary/aromatic N) is 1. The quantitative estimate of drug-likeness (QED) is 0.691. The van der Waals surface area contributed by atoms with Gasteiger partial charge in [-0.05, 0) is 66.6 Å². The standard InChI is InChI=1S/C20H23F2NO4S/c1-23(13-14-7-10-18(27-20(21)22)19(11-14)26-2)28(24,25)17-9-8-15-5-3-4-6-16(15)12-17/h7-12,20H,3-6,13H2,1-2H3. The average Bonchev–Trinajstić information content (AvgIpc) is 2.68. The lowest BCUT2D eigenvalue weighted by Gasteiger charge is -2.21. The molecule has 0 atom stereocenters. The van der Waals surface area contributed by atoms with E-state index in [1.807, 2.05) is 6.07 Å². The number of rotatable bonds is 7. The average molecular weight is 411 g/mol. The first-order valence-electron chi connectivity index (χ1n) is 9.01. The van der Waals surface area contributed by atoms with Crippen LogP contribution in [0.25, 0.3) is 0 Å². The maximum Gasteiger partial charge on any atom is 0.387 e. The Balaban J connectivity index is 1.80. The molecule has 0 spiro atoms. The summed E-state index contributed by atoms with van der Waals surface area (Å²) in [5.74, 6) is 0.0267. The molecule has 0 saturated carbocycles. The molecule has 5 nitrogen and oxygen atoms in total. The first-order chi connectivity index (χ1) is 13.3. The molecule has 0 radical (unpaired) electrons. The first kappa shape index (κ1) is 20.5. The molecule has 0 amide bonds. The van der Waals surface area contributed by atoms with E-state index >= 15 is 0 Å². The smallest absolute Gasteiger partial charge is 0.387 e. The van der Waals surface area contributed by atoms with Crippen molar-refractivity contribution in [1.29, 1.82) is 0 Å². The molecular formula is C20H23F2NO4S. The monoisotopic (exact) mass is 411 g/mol. The summed E-state index contributed by atoms with van der Waals surface area (Å²) in [6.07, 6.45) is 4.08. The van der Waals surface area contributed by atoms with E-state index in [0.29, 0.717) is 5.56 Å². The zero-order valence-electron chi connectivity index (χ0n) is 15.8. The van der Waals surface area contributed by atoms with Crippen LogP contribution in [0.15, 0.2) is 41.3 Å². The number of hydrogen-bond donors (Lipinski definition) is 0. The molecule has 1 aliphatic rings. The van der Waals surface area contributed by atoms with Gasteiger partial charge in [0.15, 0.2) is 11.5 Å². The van der Waals surface area contributed by atoms with E-state index in [1.54, 1.807) is 18.2 Å². The van der Waals surface area contributed by atoms with Gasteiger partial charge in [0, 0.05) is 13.6 Å². The minimum Gasteiger partial charge on any atom is -0.493 e. The van der Waals surface area contributed by atoms with Crippen molar-refractivity contribution in [3.63, 3.8) is 0 Å². The van der Waals surface area contributed by atoms with Crippen LogP contribution in [0.4, 0.5) is 8.78 Å². The van der Waals surface area contributed by atoms with Gasteiger partial charge < -0.3 is 9.47 Å². The lowest BCUT2D eigenvalue weighted by molar-refractivity contribution is -0.0512. The van der Waals surface area contributed by atoms with Gasteiger partial charge >= 0.3 is 6.61 Å². The summed E-state index contributed by atoms with van der Waals surface area (Å²) in [5.41, 5.74) is 2.91. The molecule has 0 N–H and O–H groups in total. The topological polar surface area (TPSA) is 55.8 Å². The Labute approximate surface area is 163 Å². The molecule has 0 aliphatic heterocycles. The Morgan fingerprint density at radius 3 is 2.43 bits per heavy atom. The number of methoxy groups -OCH3 is 1. The van der Waals surface area contributed by atoms with Crippen molar-refractivity contribution in [2.24, 2.45) is 0 Å². The number of halogens is 2. The van der Waals surface area contributed by atoms with Crippen molar-refractivity contribution in [2.75, 3.05) is 14.2 Å². The fourth-order valence-electron chi connectivity index (χ4n) is 3.40. The Morgan fingerprint density at radius 1 is 1.04 bits per heavy atom. The summed E-state index contributed by atoms with van der Waals surface area (Å²) in [6.45, 7) is -2.89.